The van der Waals surface area contributed by atoms with Crippen LogP contribution in [0.25, 0.3) is 22.2 Å². The van der Waals surface area contributed by atoms with Crippen molar-refractivity contribution >= 4 is 10.9 Å². The van der Waals surface area contributed by atoms with Gasteiger partial charge in [0.2, 0.25) is 5.88 Å². The van der Waals surface area contributed by atoms with Gasteiger partial charge in [-0.3, -0.25) is 10.00 Å². The molecule has 6 nitrogen and oxygen atoms in total. The number of fused-ring (bicyclic) bond motifs is 2. The molecule has 3 aromatic rings. The minimum absolute atomic E-state index is 0.615. The summed E-state index contributed by atoms with van der Waals surface area (Å²) in [6.45, 7) is 6.69. The van der Waals surface area contributed by atoms with Crippen LogP contribution in [0.4, 0.5) is 0 Å². The number of methoxy groups -OCH3 is 1. The maximum absolute atomic E-state index is 5.58. The van der Waals surface area contributed by atoms with E-state index in [0.29, 0.717) is 11.8 Å². The third-order valence-corrected chi connectivity index (χ3v) is 8.09. The number of pyridine rings is 1. The van der Waals surface area contributed by atoms with Crippen LogP contribution in [0.5, 0.6) is 5.88 Å². The highest BCUT2D eigenvalue weighted by Crippen LogP contribution is 2.48. The van der Waals surface area contributed by atoms with E-state index in [2.05, 4.69) is 39.1 Å². The Labute approximate surface area is 189 Å². The van der Waals surface area contributed by atoms with Crippen molar-refractivity contribution in [3.05, 3.63) is 41.6 Å². The van der Waals surface area contributed by atoms with Crippen LogP contribution in [-0.2, 0) is 4.74 Å². The van der Waals surface area contributed by atoms with Crippen LogP contribution in [0.1, 0.15) is 42.7 Å². The van der Waals surface area contributed by atoms with Gasteiger partial charge in [0, 0.05) is 55.6 Å². The molecule has 4 heterocycles. The number of aromatic nitrogens is 3. The molecule has 168 valence electrons. The highest BCUT2D eigenvalue weighted by Gasteiger charge is 2.43. The SMILES string of the molecule is COc1cc(-c2n[nH]c3cc(C)c(C4CC5CN(C6CCOCC6)C[C@H]5C4)cc23)ccn1. The molecular formula is C26H32N4O2. The molecule has 2 aromatic heterocycles. The lowest BCUT2D eigenvalue weighted by atomic mass is 9.90. The second kappa shape index (κ2) is 8.16. The number of benzene rings is 1. The van der Waals surface area contributed by atoms with Gasteiger partial charge in [-0.1, -0.05) is 0 Å². The van der Waals surface area contributed by atoms with Crippen molar-refractivity contribution in [1.29, 1.82) is 0 Å². The van der Waals surface area contributed by atoms with Gasteiger partial charge in [-0.25, -0.2) is 4.98 Å². The predicted molar refractivity (Wildman–Crippen MR) is 125 cm³/mol. The van der Waals surface area contributed by atoms with E-state index < -0.39 is 0 Å². The van der Waals surface area contributed by atoms with E-state index in [4.69, 9.17) is 9.47 Å². The molecule has 1 saturated carbocycles. The van der Waals surface area contributed by atoms with Crippen LogP contribution in [0.2, 0.25) is 0 Å². The zero-order valence-corrected chi connectivity index (χ0v) is 19.0. The first-order valence-electron chi connectivity index (χ1n) is 12.0. The molecule has 3 atom stereocenters. The molecule has 0 radical (unpaired) electrons. The van der Waals surface area contributed by atoms with Gasteiger partial charge in [0.15, 0.2) is 0 Å². The van der Waals surface area contributed by atoms with E-state index >= 15 is 0 Å². The molecule has 3 aliphatic rings. The first-order chi connectivity index (χ1) is 15.7. The molecule has 32 heavy (non-hydrogen) atoms. The minimum atomic E-state index is 0.615. The Kier molecular flexibility index (Phi) is 5.15. The normalized spacial score (nSPS) is 26.6. The van der Waals surface area contributed by atoms with E-state index in [0.717, 1.165) is 47.9 Å². The fourth-order valence-corrected chi connectivity index (χ4v) is 6.46. The zero-order chi connectivity index (χ0) is 21.7. The van der Waals surface area contributed by atoms with Crippen molar-refractivity contribution in [3.63, 3.8) is 0 Å². The Balaban J connectivity index is 1.25. The lowest BCUT2D eigenvalue weighted by Crippen LogP contribution is -2.38. The molecule has 0 bridgehead atoms. The molecule has 1 aromatic carbocycles. The molecule has 0 amide bonds. The smallest absolute Gasteiger partial charge is 0.213 e. The predicted octanol–water partition coefficient (Wildman–Crippen LogP) is 4.55. The number of aryl methyl sites for hydroxylation is 1. The van der Waals surface area contributed by atoms with Gasteiger partial charge in [0.25, 0.3) is 0 Å². The average Bonchev–Trinajstić information content (AvgIpc) is 3.52. The highest BCUT2D eigenvalue weighted by atomic mass is 16.5. The molecule has 1 N–H and O–H groups in total. The summed E-state index contributed by atoms with van der Waals surface area (Å²) < 4.78 is 10.9. The summed E-state index contributed by atoms with van der Waals surface area (Å²) in [6, 6.07) is 9.39. The average molecular weight is 433 g/mol. The topological polar surface area (TPSA) is 63.3 Å². The van der Waals surface area contributed by atoms with Crippen molar-refractivity contribution < 1.29 is 9.47 Å². The van der Waals surface area contributed by atoms with Crippen molar-refractivity contribution in [2.24, 2.45) is 11.8 Å². The number of nitrogens with zero attached hydrogens (tertiary/aromatic N) is 3. The minimum Gasteiger partial charge on any atom is -0.481 e. The van der Waals surface area contributed by atoms with E-state index in [1.54, 1.807) is 13.3 Å². The molecule has 6 heteroatoms. The number of hydrogen-bond donors (Lipinski definition) is 1. The van der Waals surface area contributed by atoms with Crippen LogP contribution in [0.3, 0.4) is 0 Å². The zero-order valence-electron chi connectivity index (χ0n) is 19.0. The number of aromatic amines is 1. The maximum Gasteiger partial charge on any atom is 0.213 e. The monoisotopic (exact) mass is 432 g/mol. The number of nitrogens with one attached hydrogen (secondary N) is 1. The number of likely N-dealkylation sites (tertiary alicyclic amines) is 1. The standard InChI is InChI=1S/C26H32N4O2/c1-16-9-24-23(26(29-28-24)17-3-6-27-25(12-17)31-2)13-22(16)18-10-19-14-30(15-20(19)11-18)21-4-7-32-8-5-21/h3,6,9,12-13,18-21H,4-5,7-8,10-11,14-15H2,1-2H3,(H,28,29)/t18?,19-,20?/m1/s1. The van der Waals surface area contributed by atoms with E-state index in [1.807, 2.05) is 12.1 Å². The van der Waals surface area contributed by atoms with Crippen molar-refractivity contribution in [2.45, 2.75) is 44.6 Å². The molecular weight excluding hydrogens is 400 g/mol. The van der Waals surface area contributed by atoms with Gasteiger partial charge in [-0.2, -0.15) is 5.10 Å². The van der Waals surface area contributed by atoms with Gasteiger partial charge in [-0.05, 0) is 79.7 Å². The van der Waals surface area contributed by atoms with Gasteiger partial charge < -0.3 is 9.47 Å². The van der Waals surface area contributed by atoms with E-state index in [9.17, 15) is 0 Å². The van der Waals surface area contributed by atoms with Crippen molar-refractivity contribution in [1.82, 2.24) is 20.1 Å². The van der Waals surface area contributed by atoms with E-state index in [-0.39, 0.29) is 0 Å². The summed E-state index contributed by atoms with van der Waals surface area (Å²) in [5.74, 6) is 2.95. The molecule has 6 rings (SSSR count). The summed E-state index contributed by atoms with van der Waals surface area (Å²) in [7, 11) is 1.65. The number of hydrogen-bond acceptors (Lipinski definition) is 5. The van der Waals surface area contributed by atoms with Gasteiger partial charge in [-0.15, -0.1) is 0 Å². The van der Waals surface area contributed by atoms with Crippen molar-refractivity contribution in [3.8, 4) is 17.1 Å². The lowest BCUT2D eigenvalue weighted by Gasteiger charge is -2.32. The highest BCUT2D eigenvalue weighted by molar-refractivity contribution is 5.94. The Hall–Kier alpha value is -2.44. The first-order valence-corrected chi connectivity index (χ1v) is 12.0. The molecule has 0 spiro atoms. The molecule has 2 aliphatic heterocycles. The Bertz CT molecular complexity index is 1110. The van der Waals surface area contributed by atoms with Gasteiger partial charge in [0.1, 0.15) is 5.69 Å². The van der Waals surface area contributed by atoms with E-state index in [1.165, 1.54) is 55.3 Å². The summed E-state index contributed by atoms with van der Waals surface area (Å²) in [4.78, 5) is 7.02. The summed E-state index contributed by atoms with van der Waals surface area (Å²) in [6.07, 6.45) is 6.83. The van der Waals surface area contributed by atoms with Crippen LogP contribution in [0.15, 0.2) is 30.5 Å². The summed E-state index contributed by atoms with van der Waals surface area (Å²) in [5.41, 5.74) is 6.00. The number of rotatable bonds is 4. The molecule has 2 saturated heterocycles. The summed E-state index contributed by atoms with van der Waals surface area (Å²) >= 11 is 0. The molecule has 2 unspecified atom stereocenters. The number of H-pyrrole nitrogens is 1. The van der Waals surface area contributed by atoms with Crippen LogP contribution in [-0.4, -0.2) is 59.5 Å². The van der Waals surface area contributed by atoms with Gasteiger partial charge in [0.05, 0.1) is 12.6 Å². The van der Waals surface area contributed by atoms with Gasteiger partial charge >= 0.3 is 0 Å². The quantitative estimate of drug-likeness (QED) is 0.655. The first kappa shape index (κ1) is 20.2. The van der Waals surface area contributed by atoms with Crippen LogP contribution >= 0.6 is 0 Å². The summed E-state index contributed by atoms with van der Waals surface area (Å²) in [5, 5.41) is 9.07. The van der Waals surface area contributed by atoms with Crippen LogP contribution in [0, 0.1) is 18.8 Å². The third kappa shape index (κ3) is 3.50. The Morgan fingerprint density at radius 2 is 1.88 bits per heavy atom. The third-order valence-electron chi connectivity index (χ3n) is 8.09. The Morgan fingerprint density at radius 1 is 1.09 bits per heavy atom. The fraction of sp³-hybridized carbons (Fsp3) is 0.538. The second-order valence-corrected chi connectivity index (χ2v) is 9.90. The largest absolute Gasteiger partial charge is 0.481 e. The van der Waals surface area contributed by atoms with Crippen LogP contribution < -0.4 is 4.74 Å². The lowest BCUT2D eigenvalue weighted by molar-refractivity contribution is 0.0395. The maximum atomic E-state index is 5.58. The van der Waals surface area contributed by atoms with Crippen molar-refractivity contribution in [2.75, 3.05) is 33.4 Å². The fourth-order valence-electron chi connectivity index (χ4n) is 6.46. The number of ether oxygens (including phenoxy) is 2. The molecule has 1 aliphatic carbocycles. The molecule has 3 fully saturated rings. The second-order valence-electron chi connectivity index (χ2n) is 9.90. The Morgan fingerprint density at radius 3 is 2.62 bits per heavy atom.